The molecular formula is C21H31NO7S. The Morgan fingerprint density at radius 3 is 2.67 bits per heavy atom. The van der Waals surface area contributed by atoms with Gasteiger partial charge in [0, 0.05) is 6.08 Å². The number of Topliss-reactive ketones (excluding diaryl/α,β-unsaturated/α-hetero) is 1. The minimum absolute atomic E-state index is 0.104. The number of ether oxygens (including phenoxy) is 2. The SMILES string of the molecule is CC(=O)COC(=O)C(O)N1C(=O)C[C@@H]1SC=CC(=O)OC1CCCC(C)(C(C)C)C1. The molecular weight excluding hydrogens is 410 g/mol. The molecule has 1 amide bonds. The van der Waals surface area contributed by atoms with Gasteiger partial charge < -0.3 is 14.6 Å². The second-order valence-corrected chi connectivity index (χ2v) is 9.63. The number of likely N-dealkylation sites (tertiary alicyclic amines) is 1. The molecule has 1 heterocycles. The van der Waals surface area contributed by atoms with Crippen LogP contribution in [0.25, 0.3) is 0 Å². The van der Waals surface area contributed by atoms with E-state index in [-0.39, 0.29) is 23.7 Å². The van der Waals surface area contributed by atoms with Crippen molar-refractivity contribution in [1.29, 1.82) is 0 Å². The molecule has 0 aromatic heterocycles. The first-order valence-electron chi connectivity index (χ1n) is 10.2. The number of aliphatic hydroxyl groups excluding tert-OH is 1. The van der Waals surface area contributed by atoms with E-state index in [1.807, 2.05) is 0 Å². The molecule has 2 rings (SSSR count). The van der Waals surface area contributed by atoms with Crippen LogP contribution < -0.4 is 0 Å². The minimum Gasteiger partial charge on any atom is -0.459 e. The lowest BCUT2D eigenvalue weighted by atomic mass is 9.67. The summed E-state index contributed by atoms with van der Waals surface area (Å²) in [6.45, 7) is 7.40. The van der Waals surface area contributed by atoms with Gasteiger partial charge in [0.1, 0.15) is 12.7 Å². The quantitative estimate of drug-likeness (QED) is 0.330. The van der Waals surface area contributed by atoms with E-state index >= 15 is 0 Å². The van der Waals surface area contributed by atoms with E-state index < -0.39 is 36.1 Å². The standard InChI is InChI=1S/C21H31NO7S/c1-13(2)21(4)8-5-6-15(11-21)29-18(25)7-9-30-17-10-16(24)22(17)19(26)20(27)28-12-14(3)23/h7,9,13,15,17,19,26H,5-6,8,10-12H2,1-4H3/t15?,17-,19?,21?/m0/s1. The van der Waals surface area contributed by atoms with Crippen molar-refractivity contribution in [3.63, 3.8) is 0 Å². The lowest BCUT2D eigenvalue weighted by molar-refractivity contribution is -0.179. The fourth-order valence-electron chi connectivity index (χ4n) is 3.64. The number of esters is 2. The van der Waals surface area contributed by atoms with Crippen LogP contribution in [0.4, 0.5) is 0 Å². The van der Waals surface area contributed by atoms with E-state index in [2.05, 4.69) is 25.5 Å². The molecule has 0 aromatic carbocycles. The zero-order valence-corrected chi connectivity index (χ0v) is 18.8. The lowest BCUT2D eigenvalue weighted by Gasteiger charge is -2.41. The van der Waals surface area contributed by atoms with E-state index in [9.17, 15) is 24.3 Å². The summed E-state index contributed by atoms with van der Waals surface area (Å²) < 4.78 is 10.2. The number of amides is 1. The number of nitrogens with zero attached hydrogens (tertiary/aromatic N) is 1. The van der Waals surface area contributed by atoms with Gasteiger partial charge in [0.05, 0.1) is 11.8 Å². The van der Waals surface area contributed by atoms with Crippen molar-refractivity contribution in [2.45, 2.75) is 77.5 Å². The summed E-state index contributed by atoms with van der Waals surface area (Å²) in [7, 11) is 0. The highest BCUT2D eigenvalue weighted by molar-refractivity contribution is 8.02. The molecule has 9 heteroatoms. The first kappa shape index (κ1) is 24.4. The summed E-state index contributed by atoms with van der Waals surface area (Å²) in [6.07, 6.45) is 3.40. The van der Waals surface area contributed by atoms with Crippen LogP contribution >= 0.6 is 11.8 Å². The summed E-state index contributed by atoms with van der Waals surface area (Å²) in [6, 6.07) is 0. The molecule has 8 nitrogen and oxygen atoms in total. The van der Waals surface area contributed by atoms with Gasteiger partial charge in [-0.1, -0.05) is 20.8 Å². The average Bonchev–Trinajstić information content (AvgIpc) is 2.65. The van der Waals surface area contributed by atoms with Crippen LogP contribution in [0.15, 0.2) is 11.5 Å². The van der Waals surface area contributed by atoms with Crippen LogP contribution in [0.2, 0.25) is 0 Å². The molecule has 0 radical (unpaired) electrons. The summed E-state index contributed by atoms with van der Waals surface area (Å²) in [4.78, 5) is 47.5. The van der Waals surface area contributed by atoms with E-state index in [0.29, 0.717) is 5.92 Å². The highest BCUT2D eigenvalue weighted by Gasteiger charge is 2.44. The van der Waals surface area contributed by atoms with Gasteiger partial charge >= 0.3 is 11.9 Å². The smallest absolute Gasteiger partial charge is 0.357 e. The van der Waals surface area contributed by atoms with E-state index in [1.165, 1.54) is 18.4 Å². The first-order chi connectivity index (χ1) is 14.0. The number of thioether (sulfide) groups is 1. The molecule has 1 saturated carbocycles. The number of hydrogen-bond acceptors (Lipinski definition) is 8. The van der Waals surface area contributed by atoms with Gasteiger partial charge in [0.15, 0.2) is 5.78 Å². The third-order valence-corrected chi connectivity index (χ3v) is 6.93. The van der Waals surface area contributed by atoms with Crippen LogP contribution in [0.3, 0.4) is 0 Å². The van der Waals surface area contributed by atoms with E-state index in [1.54, 1.807) is 0 Å². The van der Waals surface area contributed by atoms with Gasteiger partial charge in [-0.15, -0.1) is 11.8 Å². The molecule has 30 heavy (non-hydrogen) atoms. The normalized spacial score (nSPS) is 27.7. The van der Waals surface area contributed by atoms with Crippen molar-refractivity contribution in [2.24, 2.45) is 11.3 Å². The summed E-state index contributed by atoms with van der Waals surface area (Å²) in [5.74, 6) is -1.77. The van der Waals surface area contributed by atoms with E-state index in [0.717, 1.165) is 42.3 Å². The highest BCUT2D eigenvalue weighted by Crippen LogP contribution is 2.43. The molecule has 2 fully saturated rings. The Kier molecular flexibility index (Phi) is 8.49. The molecule has 3 unspecified atom stereocenters. The van der Waals surface area contributed by atoms with Crippen molar-refractivity contribution in [3.05, 3.63) is 11.5 Å². The minimum atomic E-state index is -1.78. The molecule has 0 bridgehead atoms. The van der Waals surface area contributed by atoms with Crippen LogP contribution in [-0.4, -0.2) is 57.9 Å². The van der Waals surface area contributed by atoms with Gasteiger partial charge in [0.2, 0.25) is 12.1 Å². The summed E-state index contributed by atoms with van der Waals surface area (Å²) in [5.41, 5.74) is 0.168. The van der Waals surface area contributed by atoms with Crippen LogP contribution in [0.1, 0.15) is 59.8 Å². The maximum Gasteiger partial charge on any atom is 0.357 e. The van der Waals surface area contributed by atoms with Gasteiger partial charge in [-0.25, -0.2) is 9.59 Å². The number of hydrogen-bond donors (Lipinski definition) is 1. The zero-order chi connectivity index (χ0) is 22.5. The molecule has 1 N–H and O–H groups in total. The topological polar surface area (TPSA) is 110 Å². The Labute approximate surface area is 181 Å². The van der Waals surface area contributed by atoms with Crippen molar-refractivity contribution in [2.75, 3.05) is 6.61 Å². The monoisotopic (exact) mass is 441 g/mol. The number of ketones is 1. The molecule has 168 valence electrons. The second-order valence-electron chi connectivity index (χ2n) is 8.55. The van der Waals surface area contributed by atoms with Crippen LogP contribution in [0.5, 0.6) is 0 Å². The Hall–Kier alpha value is -1.87. The molecule has 4 atom stereocenters. The Bertz CT molecular complexity index is 707. The second kappa shape index (κ2) is 10.4. The fourth-order valence-corrected chi connectivity index (χ4v) is 4.62. The van der Waals surface area contributed by atoms with Gasteiger partial charge in [-0.2, -0.15) is 0 Å². The molecule has 0 spiro atoms. The molecule has 2 aliphatic rings. The number of β-lactam (4-membered cyclic amide) rings is 1. The van der Waals surface area contributed by atoms with Crippen LogP contribution in [-0.2, 0) is 28.7 Å². The molecule has 0 aromatic rings. The number of carbonyl (C=O) groups is 4. The molecule has 1 saturated heterocycles. The maximum atomic E-state index is 12.2. The third kappa shape index (κ3) is 6.31. The molecule has 1 aliphatic carbocycles. The van der Waals surface area contributed by atoms with Crippen molar-refractivity contribution >= 4 is 35.4 Å². The van der Waals surface area contributed by atoms with Gasteiger partial charge in [0.25, 0.3) is 0 Å². The average molecular weight is 442 g/mol. The predicted molar refractivity (Wildman–Crippen MR) is 111 cm³/mol. The van der Waals surface area contributed by atoms with E-state index in [4.69, 9.17) is 4.74 Å². The Morgan fingerprint density at radius 1 is 1.37 bits per heavy atom. The van der Waals surface area contributed by atoms with Crippen molar-refractivity contribution < 1.29 is 33.8 Å². The van der Waals surface area contributed by atoms with Gasteiger partial charge in [-0.05, 0) is 49.3 Å². The largest absolute Gasteiger partial charge is 0.459 e. The predicted octanol–water partition coefficient (Wildman–Crippen LogP) is 2.39. The van der Waals surface area contributed by atoms with Gasteiger partial charge in [-0.3, -0.25) is 14.5 Å². The van der Waals surface area contributed by atoms with Crippen molar-refractivity contribution in [3.8, 4) is 0 Å². The van der Waals surface area contributed by atoms with Crippen molar-refractivity contribution in [1.82, 2.24) is 4.90 Å². The summed E-state index contributed by atoms with van der Waals surface area (Å²) >= 11 is 1.13. The maximum absolute atomic E-state index is 12.2. The fraction of sp³-hybridized carbons (Fsp3) is 0.714. The lowest BCUT2D eigenvalue weighted by Crippen LogP contribution is -2.58. The third-order valence-electron chi connectivity index (χ3n) is 5.92. The first-order valence-corrected chi connectivity index (χ1v) is 11.2. The number of aliphatic hydroxyl groups is 1. The van der Waals surface area contributed by atoms with Crippen LogP contribution in [0, 0.1) is 11.3 Å². The number of carbonyl (C=O) groups excluding carboxylic acids is 4. The molecule has 1 aliphatic heterocycles. The Balaban J connectivity index is 1.81. The zero-order valence-electron chi connectivity index (χ0n) is 18.0. The summed E-state index contributed by atoms with van der Waals surface area (Å²) in [5, 5.41) is 11.0. The highest BCUT2D eigenvalue weighted by atomic mass is 32.2. The number of rotatable bonds is 9. The Morgan fingerprint density at radius 2 is 2.07 bits per heavy atom.